The zero-order valence-corrected chi connectivity index (χ0v) is 13.9. The molecule has 8 heteroatoms. The molecule has 0 aliphatic carbocycles. The Morgan fingerprint density at radius 1 is 0.889 bits per heavy atom. The molecule has 5 rings (SSSR count). The van der Waals surface area contributed by atoms with E-state index < -0.39 is 0 Å². The second kappa shape index (κ2) is 5.80. The lowest BCUT2D eigenvalue weighted by Gasteiger charge is -2.13. The number of benzene rings is 1. The van der Waals surface area contributed by atoms with Crippen LogP contribution in [0.5, 0.6) is 0 Å². The van der Waals surface area contributed by atoms with E-state index in [1.54, 1.807) is 29.0 Å². The van der Waals surface area contributed by atoms with Crippen molar-refractivity contribution < 1.29 is 4.39 Å². The molecule has 0 fully saturated rings. The minimum absolute atomic E-state index is 0.268. The van der Waals surface area contributed by atoms with Gasteiger partial charge in [-0.3, -0.25) is 4.98 Å². The minimum atomic E-state index is -0.321. The Bertz CT molecular complexity index is 1290. The summed E-state index contributed by atoms with van der Waals surface area (Å²) in [4.78, 5) is 17.6. The van der Waals surface area contributed by atoms with Crippen molar-refractivity contribution >= 4 is 22.5 Å². The highest BCUT2D eigenvalue weighted by atomic mass is 19.1. The first kappa shape index (κ1) is 15.3. The standard InChI is InChI=1S/C19H12FN7/c20-13-3-1-11(2-4-13)16-15(12-5-8-27-14(9-12)24-10-25-27)17-18(19(21)26-16)23-7-6-22-17/h1-10H,(H2,21,26). The number of rotatable bonds is 2. The quantitative estimate of drug-likeness (QED) is 0.521. The Kier molecular flexibility index (Phi) is 3.29. The third-order valence-corrected chi connectivity index (χ3v) is 4.33. The average Bonchev–Trinajstić information content (AvgIpc) is 3.16. The van der Waals surface area contributed by atoms with E-state index in [2.05, 4.69) is 25.0 Å². The Labute approximate surface area is 152 Å². The van der Waals surface area contributed by atoms with E-state index in [9.17, 15) is 4.39 Å². The number of anilines is 1. The summed E-state index contributed by atoms with van der Waals surface area (Å²) in [6, 6.07) is 9.90. The Balaban J connectivity index is 1.88. The molecule has 0 bridgehead atoms. The summed E-state index contributed by atoms with van der Waals surface area (Å²) in [6.45, 7) is 0. The van der Waals surface area contributed by atoms with E-state index in [4.69, 9.17) is 5.73 Å². The summed E-state index contributed by atoms with van der Waals surface area (Å²) in [5.74, 6) is -0.0523. The smallest absolute Gasteiger partial charge is 0.155 e. The SMILES string of the molecule is Nc1nc(-c2ccc(F)cc2)c(-c2ccn3ncnc3c2)c2nccnc12. The molecule has 0 radical (unpaired) electrons. The number of hydrogen-bond donors (Lipinski definition) is 1. The molecule has 0 saturated heterocycles. The fourth-order valence-electron chi connectivity index (χ4n) is 3.11. The van der Waals surface area contributed by atoms with Gasteiger partial charge in [-0.05, 0) is 42.0 Å². The lowest BCUT2D eigenvalue weighted by Crippen LogP contribution is -2.01. The first-order valence-electron chi connectivity index (χ1n) is 8.16. The molecule has 5 aromatic rings. The van der Waals surface area contributed by atoms with E-state index in [1.807, 2.05) is 18.3 Å². The molecule has 4 heterocycles. The van der Waals surface area contributed by atoms with E-state index in [0.717, 1.165) is 16.7 Å². The zero-order valence-electron chi connectivity index (χ0n) is 13.9. The largest absolute Gasteiger partial charge is 0.382 e. The number of nitrogens with zero attached hydrogens (tertiary/aromatic N) is 6. The normalized spacial score (nSPS) is 11.3. The van der Waals surface area contributed by atoms with Gasteiger partial charge in [0.25, 0.3) is 0 Å². The molecular formula is C19H12FN7. The predicted molar refractivity (Wildman–Crippen MR) is 99.1 cm³/mol. The molecule has 1 aromatic carbocycles. The summed E-state index contributed by atoms with van der Waals surface area (Å²) in [5, 5.41) is 4.12. The van der Waals surface area contributed by atoms with Crippen molar-refractivity contribution in [1.82, 2.24) is 29.5 Å². The number of halogens is 1. The molecule has 130 valence electrons. The summed E-state index contributed by atoms with van der Waals surface area (Å²) in [6.07, 6.45) is 6.47. The maximum absolute atomic E-state index is 13.4. The summed E-state index contributed by atoms with van der Waals surface area (Å²) < 4.78 is 15.1. The van der Waals surface area contributed by atoms with Crippen molar-refractivity contribution in [3.8, 4) is 22.4 Å². The first-order valence-corrected chi connectivity index (χ1v) is 8.16. The van der Waals surface area contributed by atoms with Crippen molar-refractivity contribution in [2.75, 3.05) is 5.73 Å². The van der Waals surface area contributed by atoms with Gasteiger partial charge in [-0.2, -0.15) is 5.10 Å². The molecule has 27 heavy (non-hydrogen) atoms. The third-order valence-electron chi connectivity index (χ3n) is 4.33. The van der Waals surface area contributed by atoms with Crippen LogP contribution >= 0.6 is 0 Å². The zero-order chi connectivity index (χ0) is 18.4. The van der Waals surface area contributed by atoms with Gasteiger partial charge in [0.2, 0.25) is 0 Å². The van der Waals surface area contributed by atoms with Gasteiger partial charge in [0.15, 0.2) is 11.5 Å². The molecule has 7 nitrogen and oxygen atoms in total. The second-order valence-corrected chi connectivity index (χ2v) is 5.96. The van der Waals surface area contributed by atoms with Crippen LogP contribution in [0.2, 0.25) is 0 Å². The molecule has 0 aliphatic heterocycles. The van der Waals surface area contributed by atoms with Gasteiger partial charge in [-0.1, -0.05) is 0 Å². The van der Waals surface area contributed by atoms with Gasteiger partial charge >= 0.3 is 0 Å². The van der Waals surface area contributed by atoms with Crippen molar-refractivity contribution in [3.05, 3.63) is 67.1 Å². The van der Waals surface area contributed by atoms with Gasteiger partial charge in [0.05, 0.1) is 5.69 Å². The fourth-order valence-corrected chi connectivity index (χ4v) is 3.11. The molecule has 0 atom stereocenters. The van der Waals surface area contributed by atoms with Gasteiger partial charge in [0.1, 0.15) is 23.2 Å². The molecule has 0 aliphatic rings. The number of nitrogen functional groups attached to an aromatic ring is 1. The van der Waals surface area contributed by atoms with Crippen LogP contribution in [-0.4, -0.2) is 29.5 Å². The van der Waals surface area contributed by atoms with Crippen molar-refractivity contribution in [3.63, 3.8) is 0 Å². The number of hydrogen-bond acceptors (Lipinski definition) is 6. The van der Waals surface area contributed by atoms with E-state index >= 15 is 0 Å². The summed E-state index contributed by atoms with van der Waals surface area (Å²) in [5.41, 5.74) is 10.9. The molecular weight excluding hydrogens is 345 g/mol. The number of fused-ring (bicyclic) bond motifs is 2. The van der Waals surface area contributed by atoms with Crippen LogP contribution in [0.15, 0.2) is 61.3 Å². The van der Waals surface area contributed by atoms with Crippen LogP contribution < -0.4 is 5.73 Å². The Morgan fingerprint density at radius 3 is 2.48 bits per heavy atom. The van der Waals surface area contributed by atoms with E-state index in [0.29, 0.717) is 22.4 Å². The van der Waals surface area contributed by atoms with Crippen molar-refractivity contribution in [2.45, 2.75) is 0 Å². The van der Waals surface area contributed by atoms with Crippen LogP contribution in [0, 0.1) is 5.82 Å². The highest BCUT2D eigenvalue weighted by Crippen LogP contribution is 2.37. The molecule has 0 saturated carbocycles. The van der Waals surface area contributed by atoms with Gasteiger partial charge in [0, 0.05) is 29.7 Å². The Hall–Kier alpha value is -3.94. The highest BCUT2D eigenvalue weighted by molar-refractivity contribution is 6.02. The lowest BCUT2D eigenvalue weighted by molar-refractivity contribution is 0.628. The van der Waals surface area contributed by atoms with E-state index in [1.165, 1.54) is 18.5 Å². The average molecular weight is 357 g/mol. The number of nitrogens with two attached hydrogens (primary N) is 1. The van der Waals surface area contributed by atoms with Crippen molar-refractivity contribution in [1.29, 1.82) is 0 Å². The molecule has 2 N–H and O–H groups in total. The highest BCUT2D eigenvalue weighted by Gasteiger charge is 2.18. The minimum Gasteiger partial charge on any atom is -0.382 e. The third kappa shape index (κ3) is 2.46. The van der Waals surface area contributed by atoms with Crippen LogP contribution in [0.4, 0.5) is 10.2 Å². The Morgan fingerprint density at radius 2 is 1.67 bits per heavy atom. The maximum Gasteiger partial charge on any atom is 0.155 e. The topological polar surface area (TPSA) is 94.9 Å². The van der Waals surface area contributed by atoms with Crippen molar-refractivity contribution in [2.24, 2.45) is 0 Å². The second-order valence-electron chi connectivity index (χ2n) is 5.96. The maximum atomic E-state index is 13.4. The molecule has 4 aromatic heterocycles. The number of pyridine rings is 2. The number of aromatic nitrogens is 6. The van der Waals surface area contributed by atoms with Gasteiger partial charge < -0.3 is 5.73 Å². The lowest BCUT2D eigenvalue weighted by atomic mass is 9.98. The molecule has 0 spiro atoms. The van der Waals surface area contributed by atoms with Crippen LogP contribution in [0.3, 0.4) is 0 Å². The fraction of sp³-hybridized carbons (Fsp3) is 0. The monoisotopic (exact) mass is 357 g/mol. The van der Waals surface area contributed by atoms with Gasteiger partial charge in [-0.25, -0.2) is 23.9 Å². The molecule has 0 amide bonds. The van der Waals surface area contributed by atoms with Crippen LogP contribution in [0.25, 0.3) is 39.1 Å². The van der Waals surface area contributed by atoms with Crippen LogP contribution in [-0.2, 0) is 0 Å². The summed E-state index contributed by atoms with van der Waals surface area (Å²) >= 11 is 0. The van der Waals surface area contributed by atoms with Crippen LogP contribution in [0.1, 0.15) is 0 Å². The van der Waals surface area contributed by atoms with Gasteiger partial charge in [-0.15, -0.1) is 0 Å². The predicted octanol–water partition coefficient (Wildman–Crippen LogP) is 3.12. The first-order chi connectivity index (χ1) is 13.2. The molecule has 0 unspecified atom stereocenters. The summed E-state index contributed by atoms with van der Waals surface area (Å²) in [7, 11) is 0. The van der Waals surface area contributed by atoms with E-state index in [-0.39, 0.29) is 11.6 Å².